The van der Waals surface area contributed by atoms with Gasteiger partial charge in [0, 0.05) is 6.54 Å². The minimum absolute atomic E-state index is 0.0102. The molecule has 2 aromatic carbocycles. The van der Waals surface area contributed by atoms with E-state index in [4.69, 9.17) is 4.74 Å². The Morgan fingerprint density at radius 2 is 1.92 bits per heavy atom. The van der Waals surface area contributed by atoms with Crippen molar-refractivity contribution in [1.82, 2.24) is 4.90 Å². The lowest BCUT2D eigenvalue weighted by atomic mass is 10.2. The van der Waals surface area contributed by atoms with Gasteiger partial charge in [-0.2, -0.15) is 0 Å². The van der Waals surface area contributed by atoms with Crippen molar-refractivity contribution in [3.05, 3.63) is 65.1 Å². The van der Waals surface area contributed by atoms with Gasteiger partial charge in [-0.3, -0.25) is 9.69 Å². The van der Waals surface area contributed by atoms with Crippen LogP contribution in [0.4, 0.5) is 5.69 Å². The van der Waals surface area contributed by atoms with Crippen LogP contribution in [-0.4, -0.2) is 29.1 Å². The van der Waals surface area contributed by atoms with Crippen molar-refractivity contribution in [2.75, 3.05) is 13.2 Å². The Balaban J connectivity index is 1.89. The summed E-state index contributed by atoms with van der Waals surface area (Å²) in [5.41, 5.74) is 1.79. The zero-order chi connectivity index (χ0) is 17.6. The number of thioether (sulfide) groups is 1. The lowest BCUT2D eigenvalue weighted by molar-refractivity contribution is -0.122. The number of benzene rings is 2. The maximum absolute atomic E-state index is 12.7. The van der Waals surface area contributed by atoms with Gasteiger partial charge in [0.2, 0.25) is 0 Å². The van der Waals surface area contributed by atoms with E-state index in [1.54, 1.807) is 4.90 Å². The second-order valence-electron chi connectivity index (χ2n) is 5.40. The van der Waals surface area contributed by atoms with Gasteiger partial charge in [0.05, 0.1) is 17.2 Å². The van der Waals surface area contributed by atoms with Gasteiger partial charge in [-0.1, -0.05) is 30.3 Å². The zero-order valence-electron chi connectivity index (χ0n) is 14.3. The van der Waals surface area contributed by atoms with Crippen molar-refractivity contribution in [3.63, 3.8) is 0 Å². The zero-order valence-corrected chi connectivity index (χ0v) is 15.1. The molecule has 2 aromatic rings. The number of para-hydroxylation sites is 1. The first kappa shape index (κ1) is 17.3. The van der Waals surface area contributed by atoms with Gasteiger partial charge >= 0.3 is 0 Å². The summed E-state index contributed by atoms with van der Waals surface area (Å²) in [6.07, 6.45) is 1.89. The second kappa shape index (κ2) is 8.03. The lowest BCUT2D eigenvalue weighted by Gasteiger charge is -2.11. The van der Waals surface area contributed by atoms with Gasteiger partial charge in [0.25, 0.3) is 5.91 Å². The maximum atomic E-state index is 12.7. The number of hydrogen-bond donors (Lipinski definition) is 0. The number of aliphatic imine (C=N–C) groups is 1. The van der Waals surface area contributed by atoms with Crippen molar-refractivity contribution >= 4 is 34.6 Å². The number of likely N-dealkylation sites (N-methyl/N-ethyl adjacent to an activating group) is 1. The molecule has 3 rings (SSSR count). The Morgan fingerprint density at radius 1 is 1.12 bits per heavy atom. The molecule has 0 N–H and O–H groups in total. The first-order valence-electron chi connectivity index (χ1n) is 8.29. The molecule has 1 saturated heterocycles. The number of hydrogen-bond acceptors (Lipinski definition) is 4. The van der Waals surface area contributed by atoms with Gasteiger partial charge in [-0.05, 0) is 61.5 Å². The van der Waals surface area contributed by atoms with Gasteiger partial charge in [-0.25, -0.2) is 4.99 Å². The van der Waals surface area contributed by atoms with E-state index in [0.29, 0.717) is 23.2 Å². The van der Waals surface area contributed by atoms with Crippen LogP contribution in [0.5, 0.6) is 5.75 Å². The Labute approximate surface area is 152 Å². The molecular weight excluding hydrogens is 332 g/mol. The SMILES string of the molecule is CCOc1cccc(/C=C2/SC(=Nc3ccccc3)N(CC)C2=O)c1. The Bertz CT molecular complexity index is 815. The highest BCUT2D eigenvalue weighted by Crippen LogP contribution is 2.34. The first-order valence-corrected chi connectivity index (χ1v) is 9.11. The number of ether oxygens (including phenoxy) is 1. The van der Waals surface area contributed by atoms with Crippen molar-refractivity contribution < 1.29 is 9.53 Å². The monoisotopic (exact) mass is 352 g/mol. The molecular formula is C20H20N2O2S. The van der Waals surface area contributed by atoms with E-state index in [0.717, 1.165) is 17.0 Å². The highest BCUT2D eigenvalue weighted by Gasteiger charge is 2.32. The van der Waals surface area contributed by atoms with Crippen LogP contribution in [0.15, 0.2) is 64.5 Å². The summed E-state index contributed by atoms with van der Waals surface area (Å²) >= 11 is 1.41. The summed E-state index contributed by atoms with van der Waals surface area (Å²) in [6.45, 7) is 5.11. The van der Waals surface area contributed by atoms with Crippen LogP contribution in [0.2, 0.25) is 0 Å². The van der Waals surface area contributed by atoms with Gasteiger partial charge in [0.15, 0.2) is 5.17 Å². The van der Waals surface area contributed by atoms with Gasteiger partial charge in [-0.15, -0.1) is 0 Å². The van der Waals surface area contributed by atoms with E-state index in [1.165, 1.54) is 11.8 Å². The summed E-state index contributed by atoms with van der Waals surface area (Å²) in [6, 6.07) is 17.4. The van der Waals surface area contributed by atoms with E-state index in [2.05, 4.69) is 4.99 Å². The van der Waals surface area contributed by atoms with Crippen molar-refractivity contribution in [1.29, 1.82) is 0 Å². The van der Waals surface area contributed by atoms with E-state index < -0.39 is 0 Å². The van der Waals surface area contributed by atoms with Crippen LogP contribution in [0.1, 0.15) is 19.4 Å². The number of carbonyl (C=O) groups is 1. The molecule has 1 heterocycles. The highest BCUT2D eigenvalue weighted by molar-refractivity contribution is 8.18. The molecule has 25 heavy (non-hydrogen) atoms. The largest absolute Gasteiger partial charge is 0.494 e. The molecule has 0 saturated carbocycles. The molecule has 1 aliphatic heterocycles. The molecule has 0 aliphatic carbocycles. The highest BCUT2D eigenvalue weighted by atomic mass is 32.2. The van der Waals surface area contributed by atoms with E-state index in [-0.39, 0.29) is 5.91 Å². The van der Waals surface area contributed by atoms with E-state index in [9.17, 15) is 4.79 Å². The number of amides is 1. The topological polar surface area (TPSA) is 41.9 Å². The number of nitrogens with zero attached hydrogens (tertiary/aromatic N) is 2. The average molecular weight is 352 g/mol. The third-order valence-corrected chi connectivity index (χ3v) is 4.66. The van der Waals surface area contributed by atoms with E-state index >= 15 is 0 Å². The number of carbonyl (C=O) groups excluding carboxylic acids is 1. The summed E-state index contributed by atoms with van der Waals surface area (Å²) in [4.78, 5) is 19.7. The Kier molecular flexibility index (Phi) is 5.56. The fourth-order valence-electron chi connectivity index (χ4n) is 2.50. The van der Waals surface area contributed by atoms with Crippen LogP contribution in [-0.2, 0) is 4.79 Å². The third kappa shape index (κ3) is 4.12. The summed E-state index contributed by atoms with van der Waals surface area (Å²) in [7, 11) is 0. The molecule has 1 amide bonds. The molecule has 0 atom stereocenters. The molecule has 0 unspecified atom stereocenters. The second-order valence-corrected chi connectivity index (χ2v) is 6.40. The standard InChI is InChI=1S/C20H20N2O2S/c1-3-22-19(23)18(14-15-9-8-12-17(13-15)24-4-2)25-20(22)21-16-10-6-5-7-11-16/h5-14H,3-4H2,1-2H3/b18-14+,21-20?. The summed E-state index contributed by atoms with van der Waals surface area (Å²) < 4.78 is 5.53. The molecule has 1 aliphatic rings. The van der Waals surface area contributed by atoms with Crippen LogP contribution in [0.25, 0.3) is 6.08 Å². The minimum atomic E-state index is -0.0102. The Morgan fingerprint density at radius 3 is 2.64 bits per heavy atom. The molecule has 5 heteroatoms. The Hall–Kier alpha value is -2.53. The normalized spacial score (nSPS) is 17.5. The van der Waals surface area contributed by atoms with Crippen LogP contribution >= 0.6 is 11.8 Å². The number of rotatable bonds is 5. The van der Waals surface area contributed by atoms with Crippen LogP contribution < -0.4 is 4.74 Å². The predicted octanol–water partition coefficient (Wildman–Crippen LogP) is 4.71. The van der Waals surface area contributed by atoms with Crippen molar-refractivity contribution in [2.45, 2.75) is 13.8 Å². The fourth-order valence-corrected chi connectivity index (χ4v) is 3.56. The lowest BCUT2D eigenvalue weighted by Crippen LogP contribution is -2.28. The van der Waals surface area contributed by atoms with Crippen molar-refractivity contribution in [3.8, 4) is 5.75 Å². The van der Waals surface area contributed by atoms with Crippen LogP contribution in [0, 0.1) is 0 Å². The number of amidine groups is 1. The molecule has 128 valence electrons. The summed E-state index contributed by atoms with van der Waals surface area (Å²) in [5.74, 6) is 0.793. The summed E-state index contributed by atoms with van der Waals surface area (Å²) in [5, 5.41) is 0.714. The first-order chi connectivity index (χ1) is 12.2. The molecule has 0 spiro atoms. The smallest absolute Gasteiger partial charge is 0.266 e. The molecule has 0 aromatic heterocycles. The predicted molar refractivity (Wildman–Crippen MR) is 104 cm³/mol. The van der Waals surface area contributed by atoms with Gasteiger partial charge < -0.3 is 4.74 Å². The molecule has 0 radical (unpaired) electrons. The molecule has 0 bridgehead atoms. The molecule has 4 nitrogen and oxygen atoms in total. The average Bonchev–Trinajstić information content (AvgIpc) is 2.91. The quantitative estimate of drug-likeness (QED) is 0.732. The fraction of sp³-hybridized carbons (Fsp3) is 0.200. The maximum Gasteiger partial charge on any atom is 0.266 e. The molecule has 1 fully saturated rings. The van der Waals surface area contributed by atoms with Gasteiger partial charge in [0.1, 0.15) is 5.75 Å². The van der Waals surface area contributed by atoms with E-state index in [1.807, 2.05) is 74.5 Å². The minimum Gasteiger partial charge on any atom is -0.494 e. The van der Waals surface area contributed by atoms with Crippen molar-refractivity contribution in [2.24, 2.45) is 4.99 Å². The van der Waals surface area contributed by atoms with Crippen LogP contribution in [0.3, 0.4) is 0 Å². The third-order valence-electron chi connectivity index (χ3n) is 3.65.